The predicted octanol–water partition coefficient (Wildman–Crippen LogP) is 4.71. The number of hydrogen-bond donors (Lipinski definition) is 0. The lowest BCUT2D eigenvalue weighted by Gasteiger charge is -2.28. The molecule has 25 heavy (non-hydrogen) atoms. The first kappa shape index (κ1) is 14.6. The highest BCUT2D eigenvalue weighted by Crippen LogP contribution is 2.41. The minimum Gasteiger partial charge on any atom is -0.357 e. The Labute approximate surface area is 148 Å². The Morgan fingerprint density at radius 2 is 1.68 bits per heavy atom. The molecule has 1 aromatic carbocycles. The van der Waals surface area contributed by atoms with Crippen molar-refractivity contribution < 1.29 is 0 Å². The van der Waals surface area contributed by atoms with Gasteiger partial charge in [-0.05, 0) is 48.6 Å². The van der Waals surface area contributed by atoms with Gasteiger partial charge in [-0.1, -0.05) is 30.3 Å². The quantitative estimate of drug-likeness (QED) is 0.534. The van der Waals surface area contributed by atoms with E-state index in [1.165, 1.54) is 47.2 Å². The lowest BCUT2D eigenvalue weighted by Crippen LogP contribution is -2.30. The smallest absolute Gasteiger partial charge is 0.129 e. The normalized spacial score (nSPS) is 15.8. The Hall–Kier alpha value is -2.68. The molecule has 1 aliphatic carbocycles. The topological polar surface area (TPSA) is 29.0 Å². The minimum atomic E-state index is 0.922. The number of benzene rings is 1. The summed E-state index contributed by atoms with van der Waals surface area (Å²) in [6, 6.07) is 17.2. The van der Waals surface area contributed by atoms with E-state index in [-0.39, 0.29) is 0 Å². The molecule has 5 rings (SSSR count). The molecule has 3 aromatic rings. The lowest BCUT2D eigenvalue weighted by atomic mass is 9.99. The van der Waals surface area contributed by atoms with Crippen molar-refractivity contribution in [3.63, 3.8) is 0 Å². The fraction of sp³-hybridized carbons (Fsp3) is 0.273. The van der Waals surface area contributed by atoms with Gasteiger partial charge in [0.15, 0.2) is 0 Å². The first-order valence-electron chi connectivity index (χ1n) is 9.19. The summed E-state index contributed by atoms with van der Waals surface area (Å²) >= 11 is 0. The van der Waals surface area contributed by atoms with Gasteiger partial charge in [-0.25, -0.2) is 4.98 Å². The Morgan fingerprint density at radius 3 is 2.60 bits per heavy atom. The number of piperidine rings is 1. The van der Waals surface area contributed by atoms with Crippen LogP contribution >= 0.6 is 0 Å². The van der Waals surface area contributed by atoms with Gasteiger partial charge in [0, 0.05) is 36.8 Å². The second kappa shape index (κ2) is 5.99. The molecule has 0 N–H and O–H groups in total. The van der Waals surface area contributed by atoms with Crippen LogP contribution < -0.4 is 4.90 Å². The predicted molar refractivity (Wildman–Crippen MR) is 102 cm³/mol. The van der Waals surface area contributed by atoms with Crippen molar-refractivity contribution in [2.24, 2.45) is 0 Å². The number of aromatic nitrogens is 2. The number of hydrogen-bond acceptors (Lipinski definition) is 3. The molecule has 1 fully saturated rings. The molecule has 3 heterocycles. The summed E-state index contributed by atoms with van der Waals surface area (Å²) in [5, 5.41) is 0. The molecule has 0 bridgehead atoms. The summed E-state index contributed by atoms with van der Waals surface area (Å²) in [6.45, 7) is 2.24. The lowest BCUT2D eigenvalue weighted by molar-refractivity contribution is 0.573. The van der Waals surface area contributed by atoms with Gasteiger partial charge in [0.1, 0.15) is 5.82 Å². The largest absolute Gasteiger partial charge is 0.357 e. The van der Waals surface area contributed by atoms with Gasteiger partial charge in [0.2, 0.25) is 0 Å². The molecule has 0 amide bonds. The van der Waals surface area contributed by atoms with Crippen LogP contribution in [0.4, 0.5) is 5.82 Å². The van der Waals surface area contributed by atoms with Crippen molar-refractivity contribution in [2.45, 2.75) is 25.7 Å². The number of nitrogens with zero attached hydrogens (tertiary/aromatic N) is 3. The summed E-state index contributed by atoms with van der Waals surface area (Å²) in [7, 11) is 0. The summed E-state index contributed by atoms with van der Waals surface area (Å²) in [4.78, 5) is 12.1. The summed E-state index contributed by atoms with van der Waals surface area (Å²) in [5.74, 6) is 1.11. The SMILES string of the molecule is c1cc(-c2ccnc3c2-c2ccccc2C3)nc(N2CCCCC2)c1. The standard InChI is InChI=1S/C22H21N3/c1-4-13-25(14-5-1)21-10-6-9-19(24-21)18-11-12-23-20-15-16-7-2-3-8-17(16)22(18)20/h2-3,6-12H,1,4-5,13-15H2. The first-order valence-corrected chi connectivity index (χ1v) is 9.19. The van der Waals surface area contributed by atoms with Gasteiger partial charge < -0.3 is 4.90 Å². The van der Waals surface area contributed by atoms with E-state index in [1.54, 1.807) is 0 Å². The minimum absolute atomic E-state index is 0.922. The van der Waals surface area contributed by atoms with Gasteiger partial charge in [0.05, 0.1) is 11.4 Å². The highest BCUT2D eigenvalue weighted by Gasteiger charge is 2.23. The molecule has 3 heteroatoms. The van der Waals surface area contributed by atoms with Gasteiger partial charge >= 0.3 is 0 Å². The molecule has 0 radical (unpaired) electrons. The molecule has 3 nitrogen and oxygen atoms in total. The molecule has 2 aromatic heterocycles. The molecule has 1 saturated heterocycles. The first-order chi connectivity index (χ1) is 12.4. The molecule has 0 atom stereocenters. The van der Waals surface area contributed by atoms with Crippen LogP contribution in [0.3, 0.4) is 0 Å². The Bertz CT molecular complexity index is 926. The van der Waals surface area contributed by atoms with Crippen LogP contribution in [-0.2, 0) is 6.42 Å². The van der Waals surface area contributed by atoms with Crippen molar-refractivity contribution in [1.82, 2.24) is 9.97 Å². The van der Waals surface area contributed by atoms with E-state index in [1.807, 2.05) is 6.20 Å². The molecular weight excluding hydrogens is 306 g/mol. The average molecular weight is 327 g/mol. The van der Waals surface area contributed by atoms with E-state index >= 15 is 0 Å². The third kappa shape index (κ3) is 2.51. The van der Waals surface area contributed by atoms with E-state index < -0.39 is 0 Å². The molecule has 0 saturated carbocycles. The second-order valence-corrected chi connectivity index (χ2v) is 6.94. The Morgan fingerprint density at radius 1 is 0.800 bits per heavy atom. The molecule has 0 unspecified atom stereocenters. The average Bonchev–Trinajstić information content (AvgIpc) is 3.07. The van der Waals surface area contributed by atoms with Crippen LogP contribution in [0.2, 0.25) is 0 Å². The molecule has 0 spiro atoms. The van der Waals surface area contributed by atoms with Gasteiger partial charge in [-0.3, -0.25) is 4.98 Å². The van der Waals surface area contributed by atoms with E-state index in [9.17, 15) is 0 Å². The van der Waals surface area contributed by atoms with Crippen molar-refractivity contribution in [3.8, 4) is 22.4 Å². The highest BCUT2D eigenvalue weighted by molar-refractivity contribution is 5.88. The second-order valence-electron chi connectivity index (χ2n) is 6.94. The number of fused-ring (bicyclic) bond motifs is 3. The van der Waals surface area contributed by atoms with Crippen LogP contribution in [0.25, 0.3) is 22.4 Å². The maximum atomic E-state index is 5.02. The Balaban J connectivity index is 1.61. The highest BCUT2D eigenvalue weighted by atomic mass is 15.2. The molecule has 1 aliphatic heterocycles. The Kier molecular flexibility index (Phi) is 3.51. The number of rotatable bonds is 2. The van der Waals surface area contributed by atoms with E-state index in [0.29, 0.717) is 0 Å². The maximum absolute atomic E-state index is 5.02. The monoisotopic (exact) mass is 327 g/mol. The molecule has 2 aliphatic rings. The third-order valence-electron chi connectivity index (χ3n) is 5.36. The molecule has 124 valence electrons. The number of pyridine rings is 2. The third-order valence-corrected chi connectivity index (χ3v) is 5.36. The fourth-order valence-electron chi connectivity index (χ4n) is 4.12. The van der Waals surface area contributed by atoms with Crippen LogP contribution in [-0.4, -0.2) is 23.1 Å². The van der Waals surface area contributed by atoms with Crippen LogP contribution in [0.15, 0.2) is 54.7 Å². The van der Waals surface area contributed by atoms with Crippen molar-refractivity contribution >= 4 is 5.82 Å². The molecular formula is C22H21N3. The zero-order valence-corrected chi connectivity index (χ0v) is 14.3. The van der Waals surface area contributed by atoms with Crippen LogP contribution in [0, 0.1) is 0 Å². The van der Waals surface area contributed by atoms with E-state index in [4.69, 9.17) is 4.98 Å². The van der Waals surface area contributed by atoms with Crippen LogP contribution in [0.5, 0.6) is 0 Å². The van der Waals surface area contributed by atoms with E-state index in [0.717, 1.165) is 31.0 Å². The fourth-order valence-corrected chi connectivity index (χ4v) is 4.12. The van der Waals surface area contributed by atoms with Gasteiger partial charge in [-0.2, -0.15) is 0 Å². The van der Waals surface area contributed by atoms with Gasteiger partial charge in [-0.15, -0.1) is 0 Å². The van der Waals surface area contributed by atoms with Crippen molar-refractivity contribution in [1.29, 1.82) is 0 Å². The van der Waals surface area contributed by atoms with E-state index in [2.05, 4.69) is 58.4 Å². The van der Waals surface area contributed by atoms with Crippen molar-refractivity contribution in [2.75, 3.05) is 18.0 Å². The van der Waals surface area contributed by atoms with Gasteiger partial charge in [0.25, 0.3) is 0 Å². The maximum Gasteiger partial charge on any atom is 0.129 e. The zero-order chi connectivity index (χ0) is 16.6. The summed E-state index contributed by atoms with van der Waals surface area (Å²) < 4.78 is 0. The van der Waals surface area contributed by atoms with Crippen molar-refractivity contribution in [3.05, 3.63) is 66.0 Å². The zero-order valence-electron chi connectivity index (χ0n) is 14.3. The summed E-state index contributed by atoms with van der Waals surface area (Å²) in [6.07, 6.45) is 6.72. The van der Waals surface area contributed by atoms with Crippen LogP contribution in [0.1, 0.15) is 30.5 Å². The summed E-state index contributed by atoms with van der Waals surface area (Å²) in [5.41, 5.74) is 7.37. The number of anilines is 1.